The van der Waals surface area contributed by atoms with E-state index in [4.69, 9.17) is 0 Å². The Hall–Kier alpha value is -2.44. The molecule has 2 rings (SSSR count). The first-order chi connectivity index (χ1) is 9.49. The highest BCUT2D eigenvalue weighted by Gasteiger charge is 2.27. The van der Waals surface area contributed by atoms with E-state index in [1.54, 1.807) is 24.1 Å². The Morgan fingerprint density at radius 2 is 1.95 bits per heavy atom. The molecule has 7 nitrogen and oxygen atoms in total. The van der Waals surface area contributed by atoms with E-state index in [1.807, 2.05) is 0 Å². The number of carbonyl (C=O) groups excluding carboxylic acids is 2. The van der Waals surface area contributed by atoms with Gasteiger partial charge in [-0.3, -0.25) is 25.0 Å². The molecule has 106 valence electrons. The van der Waals surface area contributed by atoms with Gasteiger partial charge in [0.15, 0.2) is 0 Å². The van der Waals surface area contributed by atoms with Crippen molar-refractivity contribution in [2.24, 2.45) is 0 Å². The normalized spacial score (nSPS) is 19.1. The van der Waals surface area contributed by atoms with E-state index in [9.17, 15) is 19.7 Å². The molecule has 1 fully saturated rings. The molecule has 0 aliphatic carbocycles. The third-order valence-electron chi connectivity index (χ3n) is 3.38. The second-order valence-electron chi connectivity index (χ2n) is 4.70. The molecule has 0 aromatic heterocycles. The summed E-state index contributed by atoms with van der Waals surface area (Å²) in [4.78, 5) is 35.1. The van der Waals surface area contributed by atoms with Crippen LogP contribution in [0.5, 0.6) is 0 Å². The number of likely N-dealkylation sites (N-methyl/N-ethyl adjacent to an activating group) is 1. The van der Waals surface area contributed by atoms with E-state index >= 15 is 0 Å². The lowest BCUT2D eigenvalue weighted by Gasteiger charge is -2.27. The third kappa shape index (κ3) is 2.93. The molecule has 1 aliphatic rings. The summed E-state index contributed by atoms with van der Waals surface area (Å²) in [6, 6.07) is 5.54. The number of nitrogens with zero attached hydrogens (tertiary/aromatic N) is 2. The standard InChI is InChI=1S/C13H15N3O4/c1-15(9-5-7-10(8-6-9)16(19)20)11-3-2-4-12(17)14-13(11)18/h5-8,11H,2-4H2,1H3,(H,14,17,18). The van der Waals surface area contributed by atoms with E-state index < -0.39 is 11.0 Å². The number of anilines is 1. The zero-order chi connectivity index (χ0) is 14.7. The molecule has 0 bridgehead atoms. The summed E-state index contributed by atoms with van der Waals surface area (Å²) in [7, 11) is 1.74. The largest absolute Gasteiger partial charge is 0.363 e. The minimum Gasteiger partial charge on any atom is -0.363 e. The molecule has 20 heavy (non-hydrogen) atoms. The lowest BCUT2D eigenvalue weighted by Crippen LogP contribution is -2.45. The minimum absolute atomic E-state index is 0.00245. The van der Waals surface area contributed by atoms with Gasteiger partial charge in [0.05, 0.1) is 4.92 Å². The van der Waals surface area contributed by atoms with Crippen LogP contribution in [0.25, 0.3) is 0 Å². The molecule has 7 heteroatoms. The zero-order valence-corrected chi connectivity index (χ0v) is 11.0. The van der Waals surface area contributed by atoms with Gasteiger partial charge in [-0.2, -0.15) is 0 Å². The van der Waals surface area contributed by atoms with Gasteiger partial charge in [0.25, 0.3) is 5.69 Å². The highest BCUT2D eigenvalue weighted by atomic mass is 16.6. The fraction of sp³-hybridized carbons (Fsp3) is 0.385. The van der Waals surface area contributed by atoms with Gasteiger partial charge in [-0.15, -0.1) is 0 Å². The number of non-ortho nitro benzene ring substituents is 1. The number of amides is 2. The second-order valence-corrected chi connectivity index (χ2v) is 4.70. The lowest BCUT2D eigenvalue weighted by atomic mass is 10.1. The zero-order valence-electron chi connectivity index (χ0n) is 11.0. The number of nitro groups is 1. The molecule has 0 saturated carbocycles. The number of hydrogen-bond donors (Lipinski definition) is 1. The van der Waals surface area contributed by atoms with Crippen LogP contribution in [-0.4, -0.2) is 29.8 Å². The summed E-state index contributed by atoms with van der Waals surface area (Å²) in [5.74, 6) is -0.581. The smallest absolute Gasteiger partial charge is 0.269 e. The van der Waals surface area contributed by atoms with Crippen LogP contribution in [-0.2, 0) is 9.59 Å². The first kappa shape index (κ1) is 14.0. The van der Waals surface area contributed by atoms with E-state index in [-0.39, 0.29) is 17.5 Å². The molecule has 1 saturated heterocycles. The van der Waals surface area contributed by atoms with Gasteiger partial charge in [0.2, 0.25) is 11.8 Å². The first-order valence-corrected chi connectivity index (χ1v) is 6.30. The van der Waals surface area contributed by atoms with Crippen molar-refractivity contribution in [3.8, 4) is 0 Å². The number of benzene rings is 1. The fourth-order valence-electron chi connectivity index (χ4n) is 2.23. The molecule has 1 unspecified atom stereocenters. The quantitative estimate of drug-likeness (QED) is 0.509. The van der Waals surface area contributed by atoms with Crippen molar-refractivity contribution in [1.29, 1.82) is 0 Å². The van der Waals surface area contributed by atoms with Crippen molar-refractivity contribution in [2.75, 3.05) is 11.9 Å². The van der Waals surface area contributed by atoms with Crippen molar-refractivity contribution in [3.63, 3.8) is 0 Å². The SMILES string of the molecule is CN(c1ccc([N+](=O)[O-])cc1)C1CCCC(=O)NC1=O. The van der Waals surface area contributed by atoms with Crippen molar-refractivity contribution < 1.29 is 14.5 Å². The van der Waals surface area contributed by atoms with E-state index in [0.717, 1.165) is 0 Å². The van der Waals surface area contributed by atoms with Gasteiger partial charge < -0.3 is 4.90 Å². The predicted octanol–water partition coefficient (Wildman–Crippen LogP) is 1.23. The molecule has 1 N–H and O–H groups in total. The van der Waals surface area contributed by atoms with Crippen LogP contribution >= 0.6 is 0 Å². The molecule has 1 atom stereocenters. The average Bonchev–Trinajstić information content (AvgIpc) is 2.58. The lowest BCUT2D eigenvalue weighted by molar-refractivity contribution is -0.384. The summed E-state index contributed by atoms with van der Waals surface area (Å²) in [5, 5.41) is 13.0. The van der Waals surface area contributed by atoms with Gasteiger partial charge in [0, 0.05) is 31.3 Å². The Bertz CT molecular complexity index is 541. The first-order valence-electron chi connectivity index (χ1n) is 6.30. The maximum Gasteiger partial charge on any atom is 0.269 e. The van der Waals surface area contributed by atoms with Gasteiger partial charge in [0.1, 0.15) is 6.04 Å². The summed E-state index contributed by atoms with van der Waals surface area (Å²) < 4.78 is 0. The molecule has 1 heterocycles. The van der Waals surface area contributed by atoms with Crippen LogP contribution in [0.2, 0.25) is 0 Å². The summed E-state index contributed by atoms with van der Waals surface area (Å²) >= 11 is 0. The average molecular weight is 277 g/mol. The van der Waals surface area contributed by atoms with Crippen molar-refractivity contribution in [2.45, 2.75) is 25.3 Å². The van der Waals surface area contributed by atoms with E-state index in [1.165, 1.54) is 12.1 Å². The van der Waals surface area contributed by atoms with E-state index in [2.05, 4.69) is 5.32 Å². The van der Waals surface area contributed by atoms with Gasteiger partial charge in [-0.1, -0.05) is 0 Å². The fourth-order valence-corrected chi connectivity index (χ4v) is 2.23. The van der Waals surface area contributed by atoms with Gasteiger partial charge >= 0.3 is 0 Å². The van der Waals surface area contributed by atoms with Gasteiger partial charge in [-0.05, 0) is 25.0 Å². The highest BCUT2D eigenvalue weighted by Crippen LogP contribution is 2.22. The maximum absolute atomic E-state index is 11.9. The van der Waals surface area contributed by atoms with Crippen LogP contribution in [0.1, 0.15) is 19.3 Å². The summed E-state index contributed by atoms with van der Waals surface area (Å²) in [6.45, 7) is 0. The molecule has 0 radical (unpaired) electrons. The molecule has 1 aromatic carbocycles. The Balaban J connectivity index is 2.17. The summed E-state index contributed by atoms with van der Waals surface area (Å²) in [5.41, 5.74) is 0.702. The van der Waals surface area contributed by atoms with Crippen molar-refractivity contribution in [1.82, 2.24) is 5.32 Å². The predicted molar refractivity (Wildman–Crippen MR) is 72.3 cm³/mol. The number of nitro benzene ring substituents is 1. The van der Waals surface area contributed by atoms with Crippen LogP contribution < -0.4 is 10.2 Å². The molecule has 1 aromatic rings. The molecule has 0 spiro atoms. The maximum atomic E-state index is 11.9. The Morgan fingerprint density at radius 3 is 2.55 bits per heavy atom. The summed E-state index contributed by atoms with van der Waals surface area (Å²) in [6.07, 6.45) is 1.56. The molecule has 1 aliphatic heterocycles. The topological polar surface area (TPSA) is 92.5 Å². The van der Waals surface area contributed by atoms with Crippen LogP contribution in [0.4, 0.5) is 11.4 Å². The number of imide groups is 1. The number of carbonyl (C=O) groups is 2. The molecular weight excluding hydrogens is 262 g/mol. The van der Waals surface area contributed by atoms with Crippen molar-refractivity contribution >= 4 is 23.2 Å². The van der Waals surface area contributed by atoms with Crippen LogP contribution in [0, 0.1) is 10.1 Å². The monoisotopic (exact) mass is 277 g/mol. The molecule has 2 amide bonds. The Morgan fingerprint density at radius 1 is 1.30 bits per heavy atom. The second kappa shape index (κ2) is 5.68. The third-order valence-corrected chi connectivity index (χ3v) is 3.38. The van der Waals surface area contributed by atoms with Crippen LogP contribution in [0.3, 0.4) is 0 Å². The van der Waals surface area contributed by atoms with Gasteiger partial charge in [-0.25, -0.2) is 0 Å². The number of nitrogens with one attached hydrogen (secondary N) is 1. The Labute approximate surface area is 115 Å². The Kier molecular flexibility index (Phi) is 3.97. The van der Waals surface area contributed by atoms with Crippen LogP contribution in [0.15, 0.2) is 24.3 Å². The van der Waals surface area contributed by atoms with Crippen molar-refractivity contribution in [3.05, 3.63) is 34.4 Å². The number of rotatable bonds is 3. The highest BCUT2D eigenvalue weighted by molar-refractivity contribution is 5.99. The van der Waals surface area contributed by atoms with E-state index in [0.29, 0.717) is 24.9 Å². The minimum atomic E-state index is -0.471. The molecular formula is C13H15N3O4. The number of hydrogen-bond acceptors (Lipinski definition) is 5.